The molecule has 0 aromatic heterocycles. The van der Waals surface area contributed by atoms with Gasteiger partial charge in [-0.1, -0.05) is 29.8 Å². The molecule has 0 N–H and O–H groups in total. The number of rotatable bonds is 8. The zero-order valence-electron chi connectivity index (χ0n) is 16.2. The summed E-state index contributed by atoms with van der Waals surface area (Å²) in [5, 5.41) is 1.53. The first-order valence-corrected chi connectivity index (χ1v) is 9.28. The zero-order chi connectivity index (χ0) is 17.5. The first kappa shape index (κ1) is 22.2. The summed E-state index contributed by atoms with van der Waals surface area (Å²) < 4.78 is 10.9. The minimum atomic E-state index is 0. The number of halogens is 1. The van der Waals surface area contributed by atoms with Gasteiger partial charge in [0.1, 0.15) is 12.4 Å². The van der Waals surface area contributed by atoms with Crippen LogP contribution >= 0.6 is 20.2 Å². The summed E-state index contributed by atoms with van der Waals surface area (Å²) in [6, 6.07) is 11.3. The van der Waals surface area contributed by atoms with Gasteiger partial charge >= 0.3 is 18.9 Å². The molecule has 0 aliphatic carbocycles. The minimum Gasteiger partial charge on any atom is -1.00 e. The molecule has 2 aromatic rings. The van der Waals surface area contributed by atoms with Crippen LogP contribution in [0.1, 0.15) is 29.8 Å². The molecule has 0 amide bonds. The van der Waals surface area contributed by atoms with Crippen LogP contribution in [-0.4, -0.2) is 25.3 Å². The van der Waals surface area contributed by atoms with Gasteiger partial charge in [0.2, 0.25) is 0 Å². The van der Waals surface area contributed by atoms with Gasteiger partial charge in [-0.2, -0.15) is 0 Å². The quantitative estimate of drug-likeness (QED) is 0.401. The van der Waals surface area contributed by atoms with Crippen LogP contribution in [0.2, 0.25) is 5.02 Å². The number of hydrogen-bond donors (Lipinski definition) is 0. The molecule has 6 heteroatoms. The third-order valence-corrected chi connectivity index (χ3v) is 5.22. The molecule has 130 valence electrons. The maximum absolute atomic E-state index is 12.6. The number of ether oxygens (including phenoxy) is 2. The molecular formula is C19H23ClLiO3P. The molecule has 0 saturated heterocycles. The monoisotopic (exact) mass is 372 g/mol. The number of carbonyl (C=O) groups excluding carboxylic acids is 1. The van der Waals surface area contributed by atoms with E-state index in [9.17, 15) is 4.79 Å². The van der Waals surface area contributed by atoms with E-state index in [1.54, 1.807) is 6.07 Å². The summed E-state index contributed by atoms with van der Waals surface area (Å²) >= 11 is 6.19. The number of aryl methyl sites for hydroxylation is 2. The van der Waals surface area contributed by atoms with Crippen LogP contribution in [-0.2, 0) is 4.74 Å². The SMILES string of the molecule is CCOCCOc1ccc(PC(=O)c2c(C)cccc2Cl)c(C)c1.[H-].[Li+]. The molecule has 0 bridgehead atoms. The Balaban J connectivity index is 0.00000312. The van der Waals surface area contributed by atoms with Gasteiger partial charge in [0.25, 0.3) is 0 Å². The van der Waals surface area contributed by atoms with E-state index >= 15 is 0 Å². The molecule has 0 aliphatic rings. The molecule has 0 fully saturated rings. The zero-order valence-corrected chi connectivity index (χ0v) is 16.9. The third kappa shape index (κ3) is 6.45. The molecule has 2 rings (SSSR count). The van der Waals surface area contributed by atoms with Crippen LogP contribution in [0.3, 0.4) is 0 Å². The Morgan fingerprint density at radius 3 is 2.56 bits per heavy atom. The van der Waals surface area contributed by atoms with Crippen molar-refractivity contribution in [3.05, 3.63) is 58.1 Å². The Morgan fingerprint density at radius 1 is 1.16 bits per heavy atom. The van der Waals surface area contributed by atoms with Crippen LogP contribution in [0.5, 0.6) is 5.75 Å². The van der Waals surface area contributed by atoms with Gasteiger partial charge in [-0.05, 0) is 64.0 Å². The molecule has 0 spiro atoms. The van der Waals surface area contributed by atoms with Crippen molar-refractivity contribution in [3.63, 3.8) is 0 Å². The number of carbonyl (C=O) groups is 1. The topological polar surface area (TPSA) is 35.5 Å². The molecular weight excluding hydrogens is 350 g/mol. The fourth-order valence-electron chi connectivity index (χ4n) is 2.33. The molecule has 0 heterocycles. The van der Waals surface area contributed by atoms with Gasteiger partial charge in [-0.25, -0.2) is 0 Å². The van der Waals surface area contributed by atoms with Crippen molar-refractivity contribution in [1.82, 2.24) is 0 Å². The van der Waals surface area contributed by atoms with Crippen molar-refractivity contribution in [2.75, 3.05) is 19.8 Å². The Kier molecular flexibility index (Phi) is 9.80. The van der Waals surface area contributed by atoms with Crippen LogP contribution in [0.15, 0.2) is 36.4 Å². The van der Waals surface area contributed by atoms with Gasteiger partial charge in [-0.15, -0.1) is 0 Å². The minimum absolute atomic E-state index is 0. The smallest absolute Gasteiger partial charge is 1.00 e. The van der Waals surface area contributed by atoms with Gasteiger partial charge in [0, 0.05) is 12.2 Å². The summed E-state index contributed by atoms with van der Waals surface area (Å²) in [6.45, 7) is 7.63. The van der Waals surface area contributed by atoms with Gasteiger partial charge in [-0.3, -0.25) is 4.79 Å². The van der Waals surface area contributed by atoms with E-state index in [0.717, 1.165) is 22.2 Å². The Bertz CT molecular complexity index is 708. The van der Waals surface area contributed by atoms with Crippen molar-refractivity contribution in [2.45, 2.75) is 20.8 Å². The maximum Gasteiger partial charge on any atom is 1.00 e. The largest absolute Gasteiger partial charge is 1.00 e. The summed E-state index contributed by atoms with van der Waals surface area (Å²) in [5.41, 5.74) is 2.63. The Hall–Kier alpha value is -0.813. The Labute approximate surface area is 169 Å². The van der Waals surface area contributed by atoms with E-state index in [1.165, 1.54) is 0 Å². The predicted octanol–water partition coefficient (Wildman–Crippen LogP) is 1.63. The van der Waals surface area contributed by atoms with Crippen LogP contribution in [0.25, 0.3) is 0 Å². The van der Waals surface area contributed by atoms with Crippen molar-refractivity contribution < 1.29 is 34.6 Å². The summed E-state index contributed by atoms with van der Waals surface area (Å²) in [7, 11) is 0.0424. The number of benzene rings is 2. The van der Waals surface area contributed by atoms with E-state index < -0.39 is 0 Å². The molecule has 2 aromatic carbocycles. The van der Waals surface area contributed by atoms with Gasteiger partial charge < -0.3 is 10.9 Å². The second kappa shape index (κ2) is 11.0. The average molecular weight is 373 g/mol. The van der Waals surface area contributed by atoms with Crippen LogP contribution in [0.4, 0.5) is 0 Å². The first-order valence-electron chi connectivity index (χ1n) is 7.90. The number of hydrogen-bond acceptors (Lipinski definition) is 3. The second-order valence-electron chi connectivity index (χ2n) is 5.41. The van der Waals surface area contributed by atoms with Gasteiger partial charge in [0.05, 0.1) is 11.6 Å². The van der Waals surface area contributed by atoms with E-state index in [0.29, 0.717) is 30.4 Å². The standard InChI is InChI=1S/C19H22ClO3P.Li.H/c1-4-22-10-11-23-15-8-9-17(14(3)12-15)24-19(21)18-13(2)6-5-7-16(18)20;;/h5-9,12,24H,4,10-11H2,1-3H3;;/q;+1;-1. The molecule has 0 saturated carbocycles. The fraction of sp³-hybridized carbons (Fsp3) is 0.316. The van der Waals surface area contributed by atoms with Crippen LogP contribution in [0, 0.1) is 13.8 Å². The molecule has 25 heavy (non-hydrogen) atoms. The van der Waals surface area contributed by atoms with E-state index in [2.05, 4.69) is 0 Å². The molecule has 3 nitrogen and oxygen atoms in total. The van der Waals surface area contributed by atoms with Gasteiger partial charge in [0.15, 0.2) is 5.52 Å². The normalized spacial score (nSPS) is 10.7. The third-order valence-electron chi connectivity index (χ3n) is 3.60. The summed E-state index contributed by atoms with van der Waals surface area (Å²) in [6.07, 6.45) is 0. The average Bonchev–Trinajstić information content (AvgIpc) is 2.54. The van der Waals surface area contributed by atoms with Crippen molar-refractivity contribution in [2.24, 2.45) is 0 Å². The fourth-order valence-corrected chi connectivity index (χ4v) is 3.86. The first-order chi connectivity index (χ1) is 11.5. The Morgan fingerprint density at radius 2 is 1.92 bits per heavy atom. The van der Waals surface area contributed by atoms with Crippen molar-refractivity contribution in [3.8, 4) is 5.75 Å². The molecule has 0 aliphatic heterocycles. The van der Waals surface area contributed by atoms with E-state index in [1.807, 2.05) is 51.1 Å². The summed E-state index contributed by atoms with van der Waals surface area (Å²) in [5.74, 6) is 0.794. The van der Waals surface area contributed by atoms with E-state index in [-0.39, 0.29) is 34.4 Å². The second-order valence-corrected chi connectivity index (χ2v) is 7.06. The maximum atomic E-state index is 12.6. The van der Waals surface area contributed by atoms with Crippen molar-refractivity contribution in [1.29, 1.82) is 0 Å². The molecule has 1 unspecified atom stereocenters. The van der Waals surface area contributed by atoms with E-state index in [4.69, 9.17) is 21.1 Å². The van der Waals surface area contributed by atoms with Crippen LogP contribution < -0.4 is 28.9 Å². The predicted molar refractivity (Wildman–Crippen MR) is 103 cm³/mol. The molecule has 0 radical (unpaired) electrons. The summed E-state index contributed by atoms with van der Waals surface area (Å²) in [4.78, 5) is 12.6. The van der Waals surface area contributed by atoms with Crippen molar-refractivity contribution >= 4 is 31.0 Å². The molecule has 1 atom stereocenters.